The molecule has 188 valence electrons. The van der Waals surface area contributed by atoms with E-state index < -0.39 is 15.7 Å². The van der Waals surface area contributed by atoms with E-state index in [-0.39, 0.29) is 34.2 Å². The smallest absolute Gasteiger partial charge is 0.283 e. The van der Waals surface area contributed by atoms with Crippen LogP contribution in [-0.4, -0.2) is 68.4 Å². The number of aliphatic imine (C=N–C) groups is 1. The van der Waals surface area contributed by atoms with E-state index in [2.05, 4.69) is 10.1 Å². The fraction of sp³-hybridized carbons (Fsp3) is 0.217. The summed E-state index contributed by atoms with van der Waals surface area (Å²) in [7, 11) is -0.534. The molecular formula is C23H22N4O7S2. The third kappa shape index (κ3) is 5.52. The Kier molecular flexibility index (Phi) is 7.31. The van der Waals surface area contributed by atoms with Gasteiger partial charge in [0, 0.05) is 12.3 Å². The van der Waals surface area contributed by atoms with Crippen LogP contribution in [0.2, 0.25) is 0 Å². The number of sulfone groups is 1. The van der Waals surface area contributed by atoms with E-state index in [1.54, 1.807) is 31.4 Å². The second-order valence-electron chi connectivity index (χ2n) is 7.44. The highest BCUT2D eigenvalue weighted by Crippen LogP contribution is 2.32. The van der Waals surface area contributed by atoms with Crippen LogP contribution in [0, 0.1) is 5.41 Å². The van der Waals surface area contributed by atoms with E-state index in [4.69, 9.17) is 24.4 Å². The molecule has 2 aliphatic heterocycles. The number of benzene rings is 2. The molecule has 2 aromatic rings. The fourth-order valence-electron chi connectivity index (χ4n) is 3.19. The molecule has 1 amide bonds. The van der Waals surface area contributed by atoms with E-state index in [1.165, 1.54) is 13.2 Å². The molecular weight excluding hydrogens is 508 g/mol. The Labute approximate surface area is 211 Å². The molecule has 2 aliphatic rings. The van der Waals surface area contributed by atoms with Crippen molar-refractivity contribution in [3.05, 3.63) is 53.6 Å². The van der Waals surface area contributed by atoms with Gasteiger partial charge in [-0.05, 0) is 47.7 Å². The van der Waals surface area contributed by atoms with Crippen LogP contribution in [0.25, 0.3) is 6.08 Å². The van der Waals surface area contributed by atoms with Crippen molar-refractivity contribution in [3.8, 4) is 23.0 Å². The zero-order valence-electron chi connectivity index (χ0n) is 19.5. The van der Waals surface area contributed by atoms with Crippen LogP contribution in [0.1, 0.15) is 5.56 Å². The zero-order chi connectivity index (χ0) is 25.9. The lowest BCUT2D eigenvalue weighted by atomic mass is 10.1. The molecule has 1 N–H and O–H groups in total. The molecule has 2 aromatic carbocycles. The van der Waals surface area contributed by atoms with Crippen LogP contribution in [0.5, 0.6) is 23.0 Å². The number of amides is 1. The highest BCUT2D eigenvalue weighted by atomic mass is 32.3. The largest absolute Gasteiger partial charge is 0.497 e. The van der Waals surface area contributed by atoms with Gasteiger partial charge in [-0.1, -0.05) is 12.1 Å². The van der Waals surface area contributed by atoms with Crippen LogP contribution in [0.4, 0.5) is 0 Å². The van der Waals surface area contributed by atoms with E-state index in [0.29, 0.717) is 28.6 Å². The van der Waals surface area contributed by atoms with Gasteiger partial charge < -0.3 is 18.9 Å². The van der Waals surface area contributed by atoms with Crippen molar-refractivity contribution in [1.82, 2.24) is 5.01 Å². The van der Waals surface area contributed by atoms with Gasteiger partial charge in [0.2, 0.25) is 19.4 Å². The second-order valence-corrected chi connectivity index (χ2v) is 10.6. The normalized spacial score (nSPS) is 16.4. The van der Waals surface area contributed by atoms with Gasteiger partial charge in [0.1, 0.15) is 24.7 Å². The molecule has 0 saturated heterocycles. The minimum absolute atomic E-state index is 0.0278. The predicted octanol–water partition coefficient (Wildman–Crippen LogP) is 2.78. The summed E-state index contributed by atoms with van der Waals surface area (Å²) in [6, 6.07) is 12.3. The van der Waals surface area contributed by atoms with Gasteiger partial charge in [-0.15, -0.1) is 5.10 Å². The monoisotopic (exact) mass is 530 g/mol. The van der Waals surface area contributed by atoms with Crippen molar-refractivity contribution >= 4 is 49.0 Å². The van der Waals surface area contributed by atoms with Crippen molar-refractivity contribution in [2.75, 3.05) is 33.7 Å². The van der Waals surface area contributed by atoms with Crippen molar-refractivity contribution < 1.29 is 32.2 Å². The Balaban J connectivity index is 1.45. The quantitative estimate of drug-likeness (QED) is 0.403. The van der Waals surface area contributed by atoms with Gasteiger partial charge in [-0.3, -0.25) is 10.2 Å². The van der Waals surface area contributed by atoms with Crippen LogP contribution >= 0.6 is 11.8 Å². The first-order valence-electron chi connectivity index (χ1n) is 10.5. The number of hydrogen-bond acceptors (Lipinski definition) is 10. The van der Waals surface area contributed by atoms with E-state index >= 15 is 0 Å². The number of amidine groups is 2. The molecule has 0 saturated carbocycles. The number of carbonyl (C=O) groups excluding carboxylic acids is 1. The number of carbonyl (C=O) groups is 1. The lowest BCUT2D eigenvalue weighted by molar-refractivity contribution is -0.114. The first-order valence-corrected chi connectivity index (χ1v) is 13.2. The number of thioether (sulfide) groups is 1. The second kappa shape index (κ2) is 10.4. The Bertz CT molecular complexity index is 1420. The van der Waals surface area contributed by atoms with E-state index in [0.717, 1.165) is 23.0 Å². The van der Waals surface area contributed by atoms with Gasteiger partial charge in [-0.2, -0.15) is 10.0 Å². The van der Waals surface area contributed by atoms with Crippen molar-refractivity contribution in [3.63, 3.8) is 0 Å². The van der Waals surface area contributed by atoms with Gasteiger partial charge in [-0.25, -0.2) is 8.42 Å². The fourth-order valence-corrected chi connectivity index (χ4v) is 4.87. The third-order valence-corrected chi connectivity index (χ3v) is 7.48. The number of nitrogens with zero attached hydrogens (tertiary/aromatic N) is 3. The van der Waals surface area contributed by atoms with Gasteiger partial charge in [0.05, 0.1) is 19.8 Å². The summed E-state index contributed by atoms with van der Waals surface area (Å²) < 4.78 is 45.4. The van der Waals surface area contributed by atoms with Gasteiger partial charge in [0.25, 0.3) is 5.91 Å². The SMILES string of the molecule is COc1cccc(OCCOc2ccc(C=C3C(=N)N4N=C(S(C)(=O)=O)SC4=NC3=O)cc2OC)c1. The summed E-state index contributed by atoms with van der Waals surface area (Å²) in [6.45, 7) is 0.542. The minimum atomic E-state index is -3.60. The summed E-state index contributed by atoms with van der Waals surface area (Å²) in [4.78, 5) is 16.4. The Morgan fingerprint density at radius 3 is 2.50 bits per heavy atom. The van der Waals surface area contributed by atoms with Crippen LogP contribution < -0.4 is 18.9 Å². The molecule has 0 radical (unpaired) electrons. The minimum Gasteiger partial charge on any atom is -0.497 e. The molecule has 0 aromatic heterocycles. The molecule has 13 heteroatoms. The van der Waals surface area contributed by atoms with Crippen molar-refractivity contribution in [2.45, 2.75) is 0 Å². The van der Waals surface area contributed by atoms with Crippen molar-refractivity contribution in [1.29, 1.82) is 5.41 Å². The van der Waals surface area contributed by atoms with Crippen LogP contribution in [0.3, 0.4) is 0 Å². The molecule has 0 fully saturated rings. The number of fused-ring (bicyclic) bond motifs is 1. The number of methoxy groups -OCH3 is 2. The predicted molar refractivity (Wildman–Crippen MR) is 137 cm³/mol. The van der Waals surface area contributed by atoms with Crippen LogP contribution in [-0.2, 0) is 14.6 Å². The van der Waals surface area contributed by atoms with Crippen molar-refractivity contribution in [2.24, 2.45) is 10.1 Å². The topological polar surface area (TPSA) is 140 Å². The van der Waals surface area contributed by atoms with Gasteiger partial charge >= 0.3 is 0 Å². The number of rotatable bonds is 8. The Morgan fingerprint density at radius 1 is 1.03 bits per heavy atom. The Hall–Kier alpha value is -3.84. The Morgan fingerprint density at radius 2 is 1.78 bits per heavy atom. The lowest BCUT2D eigenvalue weighted by Gasteiger charge is -2.20. The average Bonchev–Trinajstić information content (AvgIpc) is 3.30. The third-order valence-electron chi connectivity index (χ3n) is 4.90. The molecule has 2 heterocycles. The molecule has 0 spiro atoms. The maximum atomic E-state index is 12.5. The average molecular weight is 531 g/mol. The lowest BCUT2D eigenvalue weighted by Crippen LogP contribution is -2.35. The zero-order valence-corrected chi connectivity index (χ0v) is 21.2. The summed E-state index contributed by atoms with van der Waals surface area (Å²) in [5.74, 6) is 1.29. The molecule has 4 rings (SSSR count). The summed E-state index contributed by atoms with van der Waals surface area (Å²) in [6.07, 6.45) is 2.46. The summed E-state index contributed by atoms with van der Waals surface area (Å²) >= 11 is 0.731. The number of hydrazone groups is 1. The first kappa shape index (κ1) is 25.3. The highest BCUT2D eigenvalue weighted by molar-refractivity contribution is 8.42. The molecule has 0 atom stereocenters. The molecule has 11 nitrogen and oxygen atoms in total. The van der Waals surface area contributed by atoms with Gasteiger partial charge in [0.15, 0.2) is 17.3 Å². The maximum absolute atomic E-state index is 12.5. The number of hydrogen-bond donors (Lipinski definition) is 1. The first-order chi connectivity index (χ1) is 17.2. The van der Waals surface area contributed by atoms with Crippen LogP contribution in [0.15, 0.2) is 58.1 Å². The molecule has 0 aliphatic carbocycles. The molecule has 0 bridgehead atoms. The number of nitrogens with one attached hydrogen (secondary N) is 1. The standard InChI is InChI=1S/C23H22N4O7S2/c1-31-15-5-4-6-16(13-15)33-9-10-34-18-8-7-14(12-19(18)32-2)11-17-20(24)27-22(25-21(17)28)35-23(26-27)36(3,29)30/h4-8,11-13,24H,9-10H2,1-3H3. The van der Waals surface area contributed by atoms with E-state index in [1.807, 2.05) is 18.2 Å². The molecule has 0 unspecified atom stereocenters. The maximum Gasteiger partial charge on any atom is 0.283 e. The highest BCUT2D eigenvalue weighted by Gasteiger charge is 2.38. The van der Waals surface area contributed by atoms with E-state index in [9.17, 15) is 13.2 Å². The summed E-state index contributed by atoms with van der Waals surface area (Å²) in [5.41, 5.74) is 0.512. The summed E-state index contributed by atoms with van der Waals surface area (Å²) in [5, 5.41) is 13.3. The molecule has 36 heavy (non-hydrogen) atoms. The number of ether oxygens (including phenoxy) is 4.